The van der Waals surface area contributed by atoms with Crippen LogP contribution in [0.25, 0.3) is 0 Å². The molecular weight excluding hydrogens is 272 g/mol. The molecule has 0 aromatic heterocycles. The first kappa shape index (κ1) is 17.0. The summed E-state index contributed by atoms with van der Waals surface area (Å²) in [5, 5.41) is 0. The van der Waals surface area contributed by atoms with E-state index in [1.165, 1.54) is 21.6 Å². The Kier molecular flexibility index (Phi) is 13.2. The van der Waals surface area contributed by atoms with Gasteiger partial charge in [-0.15, -0.1) is 0 Å². The molecule has 0 saturated carbocycles. The quantitative estimate of drug-likeness (QED) is 0.328. The minimum absolute atomic E-state index is 0. The Bertz CT molecular complexity index is 150. The summed E-state index contributed by atoms with van der Waals surface area (Å²) in [7, 11) is 2.74. The molecule has 0 spiro atoms. The normalized spacial score (nSPS) is 13.2. The van der Waals surface area contributed by atoms with Crippen molar-refractivity contribution in [2.45, 2.75) is 24.3 Å². The van der Waals surface area contributed by atoms with Gasteiger partial charge in [-0.05, 0) is 20.3 Å². The minimum Gasteiger partial charge on any atom is -0.718 e. The fraction of sp³-hybridized carbons (Fsp3) is 0.500. The maximum Gasteiger partial charge on any atom is 0.00943 e. The topological polar surface area (TPSA) is 0 Å². The molecule has 1 aliphatic carbocycles. The molecule has 0 saturated heterocycles. The molecule has 0 aromatic rings. The van der Waals surface area contributed by atoms with Crippen LogP contribution in [-0.4, -0.2) is 4.08 Å². The molecule has 0 atom stereocenters. The molecule has 0 heterocycles. The second-order valence-electron chi connectivity index (χ2n) is 2.66. The molecule has 0 fully saturated rings. The van der Waals surface area contributed by atoms with Gasteiger partial charge in [0, 0.05) is 25.8 Å². The maximum atomic E-state index is 4.72. The second-order valence-corrected chi connectivity index (χ2v) is 6.29. The molecule has 0 bridgehead atoms. The van der Waals surface area contributed by atoms with Crippen LogP contribution in [0.4, 0.5) is 0 Å². The summed E-state index contributed by atoms with van der Waals surface area (Å²) < 4.78 is 0.0463. The van der Waals surface area contributed by atoms with Crippen molar-refractivity contribution in [3.8, 4) is 0 Å². The van der Waals surface area contributed by atoms with E-state index in [-0.39, 0.29) is 25.8 Å². The molecule has 0 aliphatic heterocycles. The van der Waals surface area contributed by atoms with Crippen LogP contribution >= 0.6 is 21.6 Å². The van der Waals surface area contributed by atoms with Gasteiger partial charge < -0.3 is 44.9 Å². The van der Waals surface area contributed by atoms with E-state index in [2.05, 4.69) is 24.3 Å². The SMILES string of the molecule is C1=CCC=C1.CC(C)(S[S-])S[S-].[Ti]. The van der Waals surface area contributed by atoms with E-state index >= 15 is 0 Å². The molecule has 0 amide bonds. The zero-order valence-electron chi connectivity index (χ0n) is 7.65. The Morgan fingerprint density at radius 1 is 1.08 bits per heavy atom. The van der Waals surface area contributed by atoms with Crippen LogP contribution in [0.3, 0.4) is 0 Å². The molecule has 1 aliphatic rings. The van der Waals surface area contributed by atoms with E-state index in [4.69, 9.17) is 23.3 Å². The van der Waals surface area contributed by atoms with Crippen LogP contribution in [0.2, 0.25) is 0 Å². The summed E-state index contributed by atoms with van der Waals surface area (Å²) >= 11 is 9.43. The molecule has 0 radical (unpaired) electrons. The van der Waals surface area contributed by atoms with Crippen molar-refractivity contribution in [1.29, 1.82) is 0 Å². The summed E-state index contributed by atoms with van der Waals surface area (Å²) in [5.74, 6) is 0. The predicted molar refractivity (Wildman–Crippen MR) is 66.9 cm³/mol. The third kappa shape index (κ3) is 11.5. The fourth-order valence-electron chi connectivity index (χ4n) is 0.407. The number of hydrogen-bond acceptors (Lipinski definition) is 4. The van der Waals surface area contributed by atoms with Crippen molar-refractivity contribution < 1.29 is 21.7 Å². The van der Waals surface area contributed by atoms with Gasteiger partial charge >= 0.3 is 0 Å². The molecule has 5 heteroatoms. The van der Waals surface area contributed by atoms with Crippen LogP contribution in [-0.2, 0) is 45.0 Å². The average Bonchev–Trinajstić information content (AvgIpc) is 2.62. The van der Waals surface area contributed by atoms with Crippen molar-refractivity contribution >= 4 is 44.9 Å². The van der Waals surface area contributed by atoms with Gasteiger partial charge in [0.15, 0.2) is 0 Å². The maximum absolute atomic E-state index is 4.72. The van der Waals surface area contributed by atoms with Gasteiger partial charge in [0.2, 0.25) is 0 Å². The molecule has 74 valence electrons. The number of rotatable bonds is 2. The van der Waals surface area contributed by atoms with Crippen molar-refractivity contribution in [3.05, 3.63) is 24.3 Å². The van der Waals surface area contributed by atoms with Gasteiger partial charge in [-0.25, -0.2) is 0 Å². The third-order valence-corrected chi connectivity index (χ3v) is 5.49. The van der Waals surface area contributed by atoms with Crippen molar-refractivity contribution in [1.82, 2.24) is 0 Å². The largest absolute Gasteiger partial charge is 0.718 e. The Morgan fingerprint density at radius 3 is 1.54 bits per heavy atom. The van der Waals surface area contributed by atoms with Crippen molar-refractivity contribution in [2.75, 3.05) is 0 Å². The van der Waals surface area contributed by atoms with Crippen LogP contribution in [0, 0.1) is 0 Å². The summed E-state index contributed by atoms with van der Waals surface area (Å²) in [5.41, 5.74) is 0. The van der Waals surface area contributed by atoms with Gasteiger partial charge in [-0.3, -0.25) is 0 Å². The van der Waals surface area contributed by atoms with Crippen LogP contribution in [0.1, 0.15) is 20.3 Å². The Balaban J connectivity index is 0. The standard InChI is InChI=1S/C5H6.C3H8S4.Ti/c1-2-4-5-3-1;1-3(2,6-4)7-5;/h1-4H,5H2;4-5H,1-2H3;/p-2. The van der Waals surface area contributed by atoms with Crippen LogP contribution < -0.4 is 0 Å². The zero-order valence-corrected chi connectivity index (χ0v) is 12.5. The van der Waals surface area contributed by atoms with E-state index in [9.17, 15) is 0 Å². The molecule has 0 unspecified atom stereocenters. The minimum atomic E-state index is 0. The van der Waals surface area contributed by atoms with Crippen LogP contribution in [0.5, 0.6) is 0 Å². The Morgan fingerprint density at radius 2 is 1.46 bits per heavy atom. The molecule has 13 heavy (non-hydrogen) atoms. The smallest absolute Gasteiger partial charge is 0.00943 e. The van der Waals surface area contributed by atoms with Gasteiger partial charge in [-0.2, -0.15) is 0 Å². The van der Waals surface area contributed by atoms with Gasteiger partial charge in [0.25, 0.3) is 0 Å². The second kappa shape index (κ2) is 10.1. The molecule has 1 rings (SSSR count). The Hall–Kier alpha value is 1.59. The van der Waals surface area contributed by atoms with E-state index in [0.717, 1.165) is 6.42 Å². The van der Waals surface area contributed by atoms with Gasteiger partial charge in [0.05, 0.1) is 0 Å². The summed E-state index contributed by atoms with van der Waals surface area (Å²) in [6.45, 7) is 4.03. The van der Waals surface area contributed by atoms with Gasteiger partial charge in [0.1, 0.15) is 0 Å². The molecular formula is C8H12S4Ti-2. The van der Waals surface area contributed by atoms with Crippen LogP contribution in [0.15, 0.2) is 24.3 Å². The van der Waals surface area contributed by atoms with Crippen molar-refractivity contribution in [3.63, 3.8) is 0 Å². The first-order valence-electron chi connectivity index (χ1n) is 3.56. The zero-order chi connectivity index (χ0) is 9.45. The van der Waals surface area contributed by atoms with E-state index in [0.29, 0.717) is 0 Å². The summed E-state index contributed by atoms with van der Waals surface area (Å²) in [6, 6.07) is 0. The molecule has 0 aromatic carbocycles. The number of allylic oxidation sites excluding steroid dienone is 4. The average molecular weight is 284 g/mol. The monoisotopic (exact) mass is 284 g/mol. The van der Waals surface area contributed by atoms with E-state index in [1.54, 1.807) is 0 Å². The molecule has 0 nitrogen and oxygen atoms in total. The number of hydrogen-bond donors (Lipinski definition) is 0. The molecule has 0 N–H and O–H groups in total. The van der Waals surface area contributed by atoms with E-state index < -0.39 is 0 Å². The predicted octanol–water partition coefficient (Wildman–Crippen LogP) is 3.61. The van der Waals surface area contributed by atoms with Gasteiger partial charge in [-0.1, -0.05) is 24.3 Å². The first-order valence-corrected chi connectivity index (χ1v) is 7.04. The summed E-state index contributed by atoms with van der Waals surface area (Å²) in [6.07, 6.45) is 9.50. The van der Waals surface area contributed by atoms with E-state index in [1.807, 2.05) is 13.8 Å². The third-order valence-electron chi connectivity index (χ3n) is 1.06. The first-order chi connectivity index (χ1) is 5.62. The fourth-order valence-corrected chi connectivity index (χ4v) is 1.52. The van der Waals surface area contributed by atoms with Crippen molar-refractivity contribution in [2.24, 2.45) is 0 Å². The Labute approximate surface area is 114 Å². The summed E-state index contributed by atoms with van der Waals surface area (Å²) in [4.78, 5) is 0.